The topological polar surface area (TPSA) is 54.1 Å². The average molecular weight is 380 g/mol. The van der Waals surface area contributed by atoms with Crippen LogP contribution in [-0.2, 0) is 4.79 Å². The molecule has 2 atom stereocenters. The molecule has 3 aliphatic rings. The van der Waals surface area contributed by atoms with E-state index >= 15 is 0 Å². The largest absolute Gasteiger partial charge is 0.494 e. The highest BCUT2D eigenvalue weighted by Crippen LogP contribution is 2.57. The van der Waals surface area contributed by atoms with Crippen molar-refractivity contribution < 1.29 is 22.7 Å². The predicted octanol–water partition coefficient (Wildman–Crippen LogP) is 5.12. The molecule has 0 unspecified atom stereocenters. The minimum absolute atomic E-state index is 0.0903. The molecular formula is C20H23F3N2O2. The van der Waals surface area contributed by atoms with Crippen molar-refractivity contribution in [3.8, 4) is 5.75 Å². The van der Waals surface area contributed by atoms with Crippen molar-refractivity contribution in [1.82, 2.24) is 4.98 Å². The second kappa shape index (κ2) is 6.77. The Bertz CT molecular complexity index is 839. The smallest absolute Gasteiger partial charge is 0.392 e. The highest BCUT2D eigenvalue weighted by molar-refractivity contribution is 6.01. The number of fused-ring (bicyclic) bond motifs is 3. The molecule has 3 aliphatic carbocycles. The van der Waals surface area contributed by atoms with Gasteiger partial charge < -0.3 is 15.0 Å². The number of aromatic amines is 1. The van der Waals surface area contributed by atoms with Crippen molar-refractivity contribution in [3.05, 3.63) is 24.4 Å². The van der Waals surface area contributed by atoms with E-state index in [0.717, 1.165) is 10.9 Å². The van der Waals surface area contributed by atoms with E-state index in [1.54, 1.807) is 6.20 Å². The Morgan fingerprint density at radius 3 is 2.74 bits per heavy atom. The Balaban J connectivity index is 1.37. The van der Waals surface area contributed by atoms with Gasteiger partial charge in [0.25, 0.3) is 0 Å². The summed E-state index contributed by atoms with van der Waals surface area (Å²) in [5.41, 5.74) is 1.57. The summed E-state index contributed by atoms with van der Waals surface area (Å²) in [4.78, 5) is 14.4. The number of amides is 1. The number of halogens is 3. The van der Waals surface area contributed by atoms with Crippen LogP contribution in [-0.4, -0.2) is 23.7 Å². The van der Waals surface area contributed by atoms with Crippen LogP contribution in [0.3, 0.4) is 0 Å². The summed E-state index contributed by atoms with van der Waals surface area (Å²) in [6.07, 6.45) is -0.0371. The maximum absolute atomic E-state index is 13.2. The molecule has 0 spiro atoms. The van der Waals surface area contributed by atoms with E-state index in [0.29, 0.717) is 43.2 Å². The van der Waals surface area contributed by atoms with Gasteiger partial charge in [0, 0.05) is 24.0 Å². The molecule has 0 aliphatic heterocycles. The van der Waals surface area contributed by atoms with Gasteiger partial charge in [-0.15, -0.1) is 0 Å². The Morgan fingerprint density at radius 1 is 1.26 bits per heavy atom. The van der Waals surface area contributed by atoms with E-state index in [2.05, 4.69) is 10.3 Å². The van der Waals surface area contributed by atoms with Crippen LogP contribution in [0.1, 0.15) is 32.6 Å². The fraction of sp³-hybridized carbons (Fsp3) is 0.550. The van der Waals surface area contributed by atoms with E-state index in [-0.39, 0.29) is 24.2 Å². The molecule has 7 heteroatoms. The number of carbonyl (C=O) groups excluding carboxylic acids is 1. The molecule has 5 rings (SSSR count). The highest BCUT2D eigenvalue weighted by atomic mass is 19.4. The standard InChI is InChI=1S/C20H23F3N2O2/c1-11(26)25-19-10-24-18-3-2-15(9-16(18)19)27-5-4-12-8-17(20(21,22)23)14-6-13(12)7-14/h2-3,9-10,12-14,17,24H,4-8H2,1H3,(H,25,26)/t12-,13?,14?,17+/m1/s1. The lowest BCUT2D eigenvalue weighted by Crippen LogP contribution is -2.48. The molecule has 1 heterocycles. The molecule has 1 aromatic heterocycles. The van der Waals surface area contributed by atoms with Gasteiger partial charge in [-0.1, -0.05) is 0 Å². The van der Waals surface area contributed by atoms with Crippen molar-refractivity contribution in [2.45, 2.75) is 38.8 Å². The van der Waals surface area contributed by atoms with Crippen molar-refractivity contribution in [2.75, 3.05) is 11.9 Å². The first-order valence-electron chi connectivity index (χ1n) is 9.39. The van der Waals surface area contributed by atoms with Crippen molar-refractivity contribution in [3.63, 3.8) is 0 Å². The number of H-pyrrole nitrogens is 1. The van der Waals surface area contributed by atoms with Gasteiger partial charge in [-0.25, -0.2) is 0 Å². The maximum Gasteiger partial charge on any atom is 0.392 e. The van der Waals surface area contributed by atoms with Crippen LogP contribution >= 0.6 is 0 Å². The summed E-state index contributed by atoms with van der Waals surface area (Å²) in [7, 11) is 0. The van der Waals surface area contributed by atoms with Crippen LogP contribution in [0.15, 0.2) is 24.4 Å². The lowest BCUT2D eigenvalue weighted by molar-refractivity contribution is -0.226. The van der Waals surface area contributed by atoms with Crippen LogP contribution in [0, 0.1) is 23.7 Å². The zero-order valence-electron chi connectivity index (χ0n) is 15.1. The normalized spacial score (nSPS) is 27.3. The van der Waals surface area contributed by atoms with Gasteiger partial charge in [0.1, 0.15) is 5.75 Å². The fourth-order valence-corrected chi connectivity index (χ4v) is 4.70. The third-order valence-electron chi connectivity index (χ3n) is 6.15. The zero-order valence-corrected chi connectivity index (χ0v) is 15.1. The lowest BCUT2D eigenvalue weighted by atomic mass is 9.54. The first-order valence-corrected chi connectivity index (χ1v) is 9.39. The molecule has 1 aromatic carbocycles. The Kier molecular flexibility index (Phi) is 4.56. The van der Waals surface area contributed by atoms with Crippen LogP contribution in [0.2, 0.25) is 0 Å². The minimum Gasteiger partial charge on any atom is -0.494 e. The molecular weight excluding hydrogens is 357 g/mol. The van der Waals surface area contributed by atoms with E-state index in [4.69, 9.17) is 4.74 Å². The number of anilines is 1. The number of nitrogens with one attached hydrogen (secondary N) is 2. The molecule has 27 heavy (non-hydrogen) atoms. The number of benzene rings is 1. The second-order valence-electron chi connectivity index (χ2n) is 7.86. The predicted molar refractivity (Wildman–Crippen MR) is 96.6 cm³/mol. The van der Waals surface area contributed by atoms with E-state index in [1.807, 2.05) is 18.2 Å². The molecule has 2 aromatic rings. The van der Waals surface area contributed by atoms with Crippen molar-refractivity contribution in [1.29, 1.82) is 0 Å². The quantitative estimate of drug-likeness (QED) is 0.756. The number of ether oxygens (including phenoxy) is 1. The number of hydrogen-bond acceptors (Lipinski definition) is 2. The number of hydrogen-bond donors (Lipinski definition) is 2. The molecule has 0 saturated heterocycles. The minimum atomic E-state index is -4.07. The van der Waals surface area contributed by atoms with E-state index in [1.165, 1.54) is 6.92 Å². The summed E-state index contributed by atoms with van der Waals surface area (Å²) >= 11 is 0. The third kappa shape index (κ3) is 3.64. The molecule has 3 saturated carbocycles. The number of aromatic nitrogens is 1. The average Bonchev–Trinajstić information content (AvgIpc) is 2.95. The summed E-state index contributed by atoms with van der Waals surface area (Å²) < 4.78 is 45.3. The van der Waals surface area contributed by atoms with Gasteiger partial charge in [-0.05, 0) is 61.6 Å². The second-order valence-corrected chi connectivity index (χ2v) is 7.86. The first kappa shape index (κ1) is 18.2. The van der Waals surface area contributed by atoms with Gasteiger partial charge in [0.15, 0.2) is 0 Å². The summed E-state index contributed by atoms with van der Waals surface area (Å²) in [5.74, 6) is -0.275. The molecule has 146 valence electrons. The summed E-state index contributed by atoms with van der Waals surface area (Å²) in [6.45, 7) is 1.85. The number of alkyl halides is 3. The summed E-state index contributed by atoms with van der Waals surface area (Å²) in [5, 5.41) is 3.61. The highest BCUT2D eigenvalue weighted by Gasteiger charge is 2.55. The molecule has 3 fully saturated rings. The Hall–Kier alpha value is -2.18. The molecule has 4 nitrogen and oxygen atoms in total. The molecule has 0 radical (unpaired) electrons. The zero-order chi connectivity index (χ0) is 19.2. The van der Waals surface area contributed by atoms with Gasteiger partial charge in [0.05, 0.1) is 18.2 Å². The molecule has 2 bridgehead atoms. The monoisotopic (exact) mass is 380 g/mol. The first-order chi connectivity index (χ1) is 12.8. The number of rotatable bonds is 5. The third-order valence-corrected chi connectivity index (χ3v) is 6.15. The van der Waals surface area contributed by atoms with Crippen molar-refractivity contribution >= 4 is 22.5 Å². The van der Waals surface area contributed by atoms with Crippen LogP contribution < -0.4 is 10.1 Å². The van der Waals surface area contributed by atoms with Gasteiger partial charge >= 0.3 is 6.18 Å². The Morgan fingerprint density at radius 2 is 2.04 bits per heavy atom. The molecule has 1 amide bonds. The molecule has 2 N–H and O–H groups in total. The maximum atomic E-state index is 13.2. The Labute approximate surface area is 155 Å². The summed E-state index contributed by atoms with van der Waals surface area (Å²) in [6, 6.07) is 5.54. The van der Waals surface area contributed by atoms with Crippen molar-refractivity contribution in [2.24, 2.45) is 23.7 Å². The van der Waals surface area contributed by atoms with Gasteiger partial charge in [0.2, 0.25) is 5.91 Å². The van der Waals surface area contributed by atoms with Crippen LogP contribution in [0.25, 0.3) is 10.9 Å². The number of carbonyl (C=O) groups is 1. The SMILES string of the molecule is CC(=O)Nc1c[nH]c2ccc(OCC[C@@H]3C[C@H](C(F)(F)F)C4CC3C4)cc12. The van der Waals surface area contributed by atoms with Gasteiger partial charge in [-0.2, -0.15) is 13.2 Å². The van der Waals surface area contributed by atoms with Crippen LogP contribution in [0.5, 0.6) is 5.75 Å². The van der Waals surface area contributed by atoms with Crippen LogP contribution in [0.4, 0.5) is 18.9 Å². The van der Waals surface area contributed by atoms with E-state index < -0.39 is 12.1 Å². The van der Waals surface area contributed by atoms with E-state index in [9.17, 15) is 18.0 Å². The fourth-order valence-electron chi connectivity index (χ4n) is 4.70. The lowest BCUT2D eigenvalue weighted by Gasteiger charge is -2.51. The van der Waals surface area contributed by atoms with Gasteiger partial charge in [-0.3, -0.25) is 4.79 Å².